The molecule has 1 heterocycles. The highest BCUT2D eigenvalue weighted by molar-refractivity contribution is 5.59. The Morgan fingerprint density at radius 3 is 2.64 bits per heavy atom. The molecule has 1 aromatic heterocycles. The maximum atomic E-state index is 9.96. The summed E-state index contributed by atoms with van der Waals surface area (Å²) in [5.41, 5.74) is 7.68. The Balaban J connectivity index is 2.33. The topological polar surface area (TPSA) is 115 Å². The van der Waals surface area contributed by atoms with Gasteiger partial charge in [-0.15, -0.1) is 0 Å². The second kappa shape index (κ2) is 6.11. The maximum absolute atomic E-state index is 9.96. The molecule has 126 valence electrons. The van der Waals surface area contributed by atoms with Crippen LogP contribution in [0.25, 0.3) is 0 Å². The van der Waals surface area contributed by atoms with E-state index in [1.165, 1.54) is 0 Å². The van der Waals surface area contributed by atoms with Gasteiger partial charge >= 0.3 is 0 Å². The fourth-order valence-electron chi connectivity index (χ4n) is 4.22. The Hall–Kier alpha value is -3.04. The lowest BCUT2D eigenvalue weighted by Crippen LogP contribution is -2.42. The molecule has 0 bridgehead atoms. The smallest absolute Gasteiger partial charge is 0.191 e. The van der Waals surface area contributed by atoms with E-state index in [9.17, 15) is 15.8 Å². The van der Waals surface area contributed by atoms with E-state index in [2.05, 4.69) is 23.3 Å². The van der Waals surface area contributed by atoms with E-state index < -0.39 is 11.3 Å². The predicted octanol–water partition coefficient (Wildman–Crippen LogP) is 2.81. The molecule has 0 aliphatic heterocycles. The molecule has 0 amide bonds. The van der Waals surface area contributed by atoms with Crippen molar-refractivity contribution in [2.24, 2.45) is 17.1 Å². The zero-order chi connectivity index (χ0) is 18.2. The van der Waals surface area contributed by atoms with Gasteiger partial charge in [-0.05, 0) is 50.2 Å². The van der Waals surface area contributed by atoms with Crippen molar-refractivity contribution in [1.29, 1.82) is 15.8 Å². The average Bonchev–Trinajstić information content (AvgIpc) is 3.01. The van der Waals surface area contributed by atoms with Gasteiger partial charge in [0, 0.05) is 18.7 Å². The third kappa shape index (κ3) is 2.24. The summed E-state index contributed by atoms with van der Waals surface area (Å²) in [7, 11) is 0. The quantitative estimate of drug-likeness (QED) is 0.894. The molecular formula is C19H20N6. The van der Waals surface area contributed by atoms with Gasteiger partial charge in [0.25, 0.3) is 0 Å². The van der Waals surface area contributed by atoms with Gasteiger partial charge in [-0.1, -0.05) is 6.08 Å². The molecule has 2 atom stereocenters. The molecule has 1 aromatic rings. The molecule has 0 unspecified atom stereocenters. The molecule has 0 fully saturated rings. The van der Waals surface area contributed by atoms with E-state index in [0.29, 0.717) is 12.1 Å². The van der Waals surface area contributed by atoms with Crippen molar-refractivity contribution in [2.75, 3.05) is 0 Å². The van der Waals surface area contributed by atoms with Crippen LogP contribution in [0.5, 0.6) is 0 Å². The Morgan fingerprint density at radius 1 is 1.36 bits per heavy atom. The Labute approximate surface area is 147 Å². The summed E-state index contributed by atoms with van der Waals surface area (Å²) in [4.78, 5) is 0. The van der Waals surface area contributed by atoms with Crippen LogP contribution < -0.4 is 5.73 Å². The number of hydrogen-bond donors (Lipinski definition) is 1. The average molecular weight is 332 g/mol. The summed E-state index contributed by atoms with van der Waals surface area (Å²) in [5.74, 6) is -0.477. The first-order valence-electron chi connectivity index (χ1n) is 8.51. The van der Waals surface area contributed by atoms with Crippen molar-refractivity contribution in [3.8, 4) is 18.2 Å². The summed E-state index contributed by atoms with van der Waals surface area (Å²) < 4.78 is 1.82. The minimum Gasteiger partial charge on any atom is -0.399 e. The largest absolute Gasteiger partial charge is 0.399 e. The van der Waals surface area contributed by atoms with Crippen LogP contribution >= 0.6 is 0 Å². The molecule has 2 N–H and O–H groups in total. The molecular weight excluding hydrogens is 312 g/mol. The second-order valence-corrected chi connectivity index (χ2v) is 6.63. The number of rotatable bonds is 2. The minimum absolute atomic E-state index is 0.0665. The van der Waals surface area contributed by atoms with Crippen LogP contribution in [0, 0.1) is 52.2 Å². The van der Waals surface area contributed by atoms with E-state index in [1.807, 2.05) is 30.8 Å². The Bertz CT molecular complexity index is 882. The van der Waals surface area contributed by atoms with E-state index >= 15 is 0 Å². The van der Waals surface area contributed by atoms with Crippen LogP contribution in [-0.2, 0) is 6.54 Å². The van der Waals surface area contributed by atoms with E-state index in [-0.39, 0.29) is 11.6 Å². The standard InChI is InChI=1S/C19H20N6/c1-3-25-9-16(12(2)24-25)17-14-7-5-4-6-13(14)15(8-20)18(23)19(17,10-21)11-22/h6,9,14,17H,3-5,7,23H2,1-2H3/t14-,17-/m1/s1. The molecule has 6 heteroatoms. The fraction of sp³-hybridized carbons (Fsp3) is 0.474. The van der Waals surface area contributed by atoms with E-state index in [0.717, 1.165) is 36.1 Å². The van der Waals surface area contributed by atoms with Crippen LogP contribution in [0.1, 0.15) is 43.4 Å². The number of allylic oxidation sites excluding steroid dienone is 4. The second-order valence-electron chi connectivity index (χ2n) is 6.63. The summed E-state index contributed by atoms with van der Waals surface area (Å²) in [5, 5.41) is 34.0. The predicted molar refractivity (Wildman–Crippen MR) is 91.3 cm³/mol. The highest BCUT2D eigenvalue weighted by atomic mass is 15.3. The van der Waals surface area contributed by atoms with Gasteiger partial charge in [0.15, 0.2) is 5.41 Å². The van der Waals surface area contributed by atoms with Crippen LogP contribution in [0.2, 0.25) is 0 Å². The lowest BCUT2D eigenvalue weighted by Gasteiger charge is -2.43. The van der Waals surface area contributed by atoms with Gasteiger partial charge in [-0.25, -0.2) is 0 Å². The van der Waals surface area contributed by atoms with Crippen LogP contribution in [0.4, 0.5) is 0 Å². The first kappa shape index (κ1) is 16.8. The van der Waals surface area contributed by atoms with Crippen molar-refractivity contribution in [3.63, 3.8) is 0 Å². The molecule has 3 rings (SSSR count). The molecule has 0 saturated carbocycles. The molecule has 2 aliphatic carbocycles. The van der Waals surface area contributed by atoms with Gasteiger partial charge in [0.2, 0.25) is 0 Å². The van der Waals surface area contributed by atoms with E-state index in [1.54, 1.807) is 0 Å². The number of fused-ring (bicyclic) bond motifs is 1. The third-order valence-electron chi connectivity index (χ3n) is 5.44. The Kier molecular flexibility index (Phi) is 4.11. The third-order valence-corrected chi connectivity index (χ3v) is 5.44. The van der Waals surface area contributed by atoms with Crippen LogP contribution in [-0.4, -0.2) is 9.78 Å². The molecule has 2 aliphatic rings. The summed E-state index contributed by atoms with van der Waals surface area (Å²) in [6.07, 6.45) is 6.65. The highest BCUT2D eigenvalue weighted by Gasteiger charge is 2.54. The van der Waals surface area contributed by atoms with Crippen molar-refractivity contribution in [3.05, 3.63) is 40.4 Å². The molecule has 25 heavy (non-hydrogen) atoms. The number of nitrogens with zero attached hydrogens (tertiary/aromatic N) is 5. The van der Waals surface area contributed by atoms with Gasteiger partial charge in [-0.2, -0.15) is 20.9 Å². The van der Waals surface area contributed by atoms with Crippen molar-refractivity contribution in [2.45, 2.75) is 45.6 Å². The lowest BCUT2D eigenvalue weighted by atomic mass is 9.57. The SMILES string of the molecule is CCn1cc([C@H]2[C@@H]3CCCC=C3C(C#N)=C(N)C2(C#N)C#N)c(C)n1. The van der Waals surface area contributed by atoms with Crippen molar-refractivity contribution < 1.29 is 0 Å². The molecule has 0 radical (unpaired) electrons. The lowest BCUT2D eigenvalue weighted by molar-refractivity contribution is 0.316. The van der Waals surface area contributed by atoms with E-state index in [4.69, 9.17) is 5.73 Å². The molecule has 0 saturated heterocycles. The molecule has 0 spiro atoms. The Morgan fingerprint density at radius 2 is 2.08 bits per heavy atom. The summed E-state index contributed by atoms with van der Waals surface area (Å²) in [6, 6.07) is 6.46. The number of hydrogen-bond acceptors (Lipinski definition) is 5. The number of nitrogens with two attached hydrogens (primary N) is 1. The van der Waals surface area contributed by atoms with Crippen LogP contribution in [0.3, 0.4) is 0 Å². The number of aryl methyl sites for hydroxylation is 2. The first-order valence-corrected chi connectivity index (χ1v) is 8.51. The summed E-state index contributed by atoms with van der Waals surface area (Å²) >= 11 is 0. The van der Waals surface area contributed by atoms with Gasteiger partial charge in [0.05, 0.1) is 29.1 Å². The maximum Gasteiger partial charge on any atom is 0.191 e. The number of nitriles is 3. The van der Waals surface area contributed by atoms with Crippen molar-refractivity contribution in [1.82, 2.24) is 9.78 Å². The van der Waals surface area contributed by atoms with Gasteiger partial charge in [0.1, 0.15) is 6.07 Å². The van der Waals surface area contributed by atoms with Gasteiger partial charge < -0.3 is 5.73 Å². The fourth-order valence-corrected chi connectivity index (χ4v) is 4.22. The summed E-state index contributed by atoms with van der Waals surface area (Å²) in [6.45, 7) is 4.60. The molecule has 0 aromatic carbocycles. The van der Waals surface area contributed by atoms with Crippen LogP contribution in [0.15, 0.2) is 29.1 Å². The van der Waals surface area contributed by atoms with Crippen molar-refractivity contribution >= 4 is 0 Å². The normalized spacial score (nSPS) is 24.5. The number of aromatic nitrogens is 2. The monoisotopic (exact) mass is 332 g/mol. The first-order chi connectivity index (χ1) is 12.0. The highest BCUT2D eigenvalue weighted by Crippen LogP contribution is 2.56. The zero-order valence-corrected chi connectivity index (χ0v) is 14.5. The van der Waals surface area contributed by atoms with Gasteiger partial charge in [-0.3, -0.25) is 4.68 Å². The zero-order valence-electron chi connectivity index (χ0n) is 14.5. The minimum atomic E-state index is -1.54. The molecule has 6 nitrogen and oxygen atoms in total.